The number of nitrogens with zero attached hydrogens (tertiary/aromatic N) is 2. The molecule has 0 aliphatic rings. The van der Waals surface area contributed by atoms with Crippen molar-refractivity contribution in [3.8, 4) is 22.4 Å². The van der Waals surface area contributed by atoms with Gasteiger partial charge in [-0.3, -0.25) is 9.78 Å². The van der Waals surface area contributed by atoms with E-state index in [4.69, 9.17) is 10.1 Å². The van der Waals surface area contributed by atoms with Crippen molar-refractivity contribution in [1.82, 2.24) is 9.97 Å². The number of fused-ring (bicyclic) bond motifs is 1. The highest BCUT2D eigenvalue weighted by Gasteiger charge is 2.11. The molecule has 2 aromatic carbocycles. The molecule has 158 valence electrons. The zero-order valence-electron chi connectivity index (χ0n) is 18.3. The number of hydrogen-bond acceptors (Lipinski definition) is 4. The van der Waals surface area contributed by atoms with Gasteiger partial charge in [-0.2, -0.15) is 0 Å². The fourth-order valence-corrected chi connectivity index (χ4v) is 3.59. The van der Waals surface area contributed by atoms with E-state index in [1.54, 1.807) is 19.3 Å². The number of rotatable bonds is 6. The first-order valence-electron chi connectivity index (χ1n) is 10.6. The lowest BCUT2D eigenvalue weighted by molar-refractivity contribution is 0.101. The Hall–Kier alpha value is -3.37. The van der Waals surface area contributed by atoms with Crippen molar-refractivity contribution < 1.29 is 9.90 Å². The fourth-order valence-electron chi connectivity index (χ4n) is 3.59. The molecule has 0 spiro atoms. The molecular weight excluding hydrogens is 384 g/mol. The van der Waals surface area contributed by atoms with Crippen LogP contribution in [0.4, 0.5) is 0 Å². The number of ketones is 1. The van der Waals surface area contributed by atoms with Crippen molar-refractivity contribution in [2.24, 2.45) is 0 Å². The molecule has 31 heavy (non-hydrogen) atoms. The van der Waals surface area contributed by atoms with E-state index in [2.05, 4.69) is 60.4 Å². The minimum Gasteiger partial charge on any atom is -0.400 e. The number of aryl methyl sites for hydroxylation is 1. The van der Waals surface area contributed by atoms with Gasteiger partial charge in [0.1, 0.15) is 0 Å². The summed E-state index contributed by atoms with van der Waals surface area (Å²) in [6.07, 6.45) is 6.99. The number of carbonyl (C=O) groups is 1. The maximum Gasteiger partial charge on any atom is 0.160 e. The van der Waals surface area contributed by atoms with Crippen molar-refractivity contribution in [2.75, 3.05) is 7.11 Å². The van der Waals surface area contributed by atoms with Gasteiger partial charge in [-0.05, 0) is 48.6 Å². The molecule has 2 heterocycles. The standard InChI is InChI=1S/C26H24N2O.CH4O/c1-3-4-5-19-6-8-20(9-7-19)21-10-12-22(13-11-21)26-16-23(18(2)29)24-17-27-15-14-25(24)28-26;1-2/h6-17H,3-5H2,1-2H3;2H,1H3. The van der Waals surface area contributed by atoms with Crippen LogP contribution in [0.2, 0.25) is 0 Å². The average Bonchev–Trinajstić information content (AvgIpc) is 2.83. The molecule has 0 saturated carbocycles. The van der Waals surface area contributed by atoms with Gasteiger partial charge in [-0.15, -0.1) is 0 Å². The van der Waals surface area contributed by atoms with E-state index in [0.29, 0.717) is 5.56 Å². The second kappa shape index (κ2) is 10.6. The molecule has 0 saturated heterocycles. The predicted octanol–water partition coefficient (Wildman–Crippen LogP) is 6.12. The third-order valence-electron chi connectivity index (χ3n) is 5.28. The smallest absolute Gasteiger partial charge is 0.160 e. The van der Waals surface area contributed by atoms with Crippen LogP contribution < -0.4 is 0 Å². The highest BCUT2D eigenvalue weighted by molar-refractivity contribution is 6.06. The number of unbranched alkanes of at least 4 members (excludes halogenated alkanes) is 1. The Labute approximate surface area is 183 Å². The Kier molecular flexibility index (Phi) is 7.63. The number of Topliss-reactive ketones (excluding diaryl/α,β-unsaturated/α-hetero) is 1. The van der Waals surface area contributed by atoms with Gasteiger partial charge in [0.15, 0.2) is 5.78 Å². The van der Waals surface area contributed by atoms with E-state index in [9.17, 15) is 4.79 Å². The topological polar surface area (TPSA) is 63.1 Å². The summed E-state index contributed by atoms with van der Waals surface area (Å²) in [6, 6.07) is 20.9. The Morgan fingerprint density at radius 1 is 0.903 bits per heavy atom. The molecule has 4 nitrogen and oxygen atoms in total. The van der Waals surface area contributed by atoms with Gasteiger partial charge in [0, 0.05) is 36.0 Å². The van der Waals surface area contributed by atoms with Crippen LogP contribution in [0, 0.1) is 0 Å². The maximum absolute atomic E-state index is 12.1. The van der Waals surface area contributed by atoms with Gasteiger partial charge in [0.25, 0.3) is 0 Å². The second-order valence-electron chi connectivity index (χ2n) is 7.38. The normalized spacial score (nSPS) is 10.5. The summed E-state index contributed by atoms with van der Waals surface area (Å²) >= 11 is 0. The molecule has 4 heteroatoms. The van der Waals surface area contributed by atoms with E-state index < -0.39 is 0 Å². The highest BCUT2D eigenvalue weighted by Crippen LogP contribution is 2.27. The first-order valence-corrected chi connectivity index (χ1v) is 10.6. The monoisotopic (exact) mass is 412 g/mol. The van der Waals surface area contributed by atoms with Crippen molar-refractivity contribution in [2.45, 2.75) is 33.1 Å². The van der Waals surface area contributed by atoms with Crippen LogP contribution in [0.15, 0.2) is 73.1 Å². The van der Waals surface area contributed by atoms with Crippen LogP contribution in [0.3, 0.4) is 0 Å². The Morgan fingerprint density at radius 2 is 1.52 bits per heavy atom. The molecule has 0 aliphatic carbocycles. The number of aromatic nitrogens is 2. The van der Waals surface area contributed by atoms with Crippen LogP contribution in [0.5, 0.6) is 0 Å². The zero-order chi connectivity index (χ0) is 22.2. The van der Waals surface area contributed by atoms with Crippen LogP contribution >= 0.6 is 0 Å². The first kappa shape index (κ1) is 22.3. The predicted molar refractivity (Wildman–Crippen MR) is 127 cm³/mol. The first-order chi connectivity index (χ1) is 15.2. The second-order valence-corrected chi connectivity index (χ2v) is 7.38. The van der Waals surface area contributed by atoms with E-state index in [1.165, 1.54) is 29.5 Å². The third kappa shape index (κ3) is 5.22. The van der Waals surface area contributed by atoms with Crippen molar-refractivity contribution in [1.29, 1.82) is 0 Å². The van der Waals surface area contributed by atoms with Crippen molar-refractivity contribution >= 4 is 16.7 Å². The molecule has 0 amide bonds. The maximum atomic E-state index is 12.1. The Morgan fingerprint density at radius 3 is 2.13 bits per heavy atom. The van der Waals surface area contributed by atoms with Gasteiger partial charge >= 0.3 is 0 Å². The van der Waals surface area contributed by atoms with Gasteiger partial charge in [-0.1, -0.05) is 61.9 Å². The van der Waals surface area contributed by atoms with Gasteiger partial charge in [0.2, 0.25) is 0 Å². The molecule has 0 fully saturated rings. The van der Waals surface area contributed by atoms with Gasteiger partial charge < -0.3 is 5.11 Å². The quantitative estimate of drug-likeness (QED) is 0.388. The van der Waals surface area contributed by atoms with Crippen LogP contribution in [-0.4, -0.2) is 28.0 Å². The SMILES string of the molecule is CCCCc1ccc(-c2ccc(-c3cc(C(C)=O)c4cnccc4n3)cc2)cc1.CO. The molecule has 0 atom stereocenters. The van der Waals surface area contributed by atoms with E-state index >= 15 is 0 Å². The summed E-state index contributed by atoms with van der Waals surface area (Å²) in [5.41, 5.74) is 7.01. The summed E-state index contributed by atoms with van der Waals surface area (Å²) in [4.78, 5) is 21.0. The molecule has 0 bridgehead atoms. The summed E-state index contributed by atoms with van der Waals surface area (Å²) < 4.78 is 0. The largest absolute Gasteiger partial charge is 0.400 e. The lowest BCUT2D eigenvalue weighted by atomic mass is 9.99. The molecule has 0 radical (unpaired) electrons. The van der Waals surface area contributed by atoms with E-state index in [1.807, 2.05) is 12.1 Å². The zero-order valence-corrected chi connectivity index (χ0v) is 18.3. The van der Waals surface area contributed by atoms with Gasteiger partial charge in [0.05, 0.1) is 11.2 Å². The van der Waals surface area contributed by atoms with E-state index in [-0.39, 0.29) is 5.78 Å². The molecule has 0 unspecified atom stereocenters. The molecule has 2 aromatic heterocycles. The molecule has 4 aromatic rings. The van der Waals surface area contributed by atoms with Crippen LogP contribution in [-0.2, 0) is 6.42 Å². The van der Waals surface area contributed by atoms with Gasteiger partial charge in [-0.25, -0.2) is 4.98 Å². The lowest BCUT2D eigenvalue weighted by Gasteiger charge is -2.09. The highest BCUT2D eigenvalue weighted by atomic mass is 16.2. The third-order valence-corrected chi connectivity index (χ3v) is 5.28. The molecule has 4 rings (SSSR count). The summed E-state index contributed by atoms with van der Waals surface area (Å²) in [5, 5.41) is 7.79. The number of aliphatic hydroxyl groups excluding tert-OH is 1. The summed E-state index contributed by atoms with van der Waals surface area (Å²) in [7, 11) is 1.00. The average molecular weight is 413 g/mol. The molecular formula is C27H28N2O2. The number of carbonyl (C=O) groups excluding carboxylic acids is 1. The van der Waals surface area contributed by atoms with Crippen LogP contribution in [0.25, 0.3) is 33.3 Å². The Balaban J connectivity index is 0.00000132. The van der Waals surface area contributed by atoms with E-state index in [0.717, 1.165) is 35.7 Å². The number of pyridine rings is 2. The van der Waals surface area contributed by atoms with Crippen molar-refractivity contribution in [3.05, 3.63) is 84.2 Å². The molecule has 1 N–H and O–H groups in total. The molecule has 0 aliphatic heterocycles. The number of aliphatic hydroxyl groups is 1. The van der Waals surface area contributed by atoms with Crippen LogP contribution in [0.1, 0.15) is 42.6 Å². The summed E-state index contributed by atoms with van der Waals surface area (Å²) in [5.74, 6) is 0.0198. The fraction of sp³-hybridized carbons (Fsp3) is 0.222. The number of benzene rings is 2. The minimum atomic E-state index is 0.0198. The Bertz CT molecular complexity index is 1150. The van der Waals surface area contributed by atoms with Crippen molar-refractivity contribution in [3.63, 3.8) is 0 Å². The minimum absolute atomic E-state index is 0.0198. The number of hydrogen-bond donors (Lipinski definition) is 1. The lowest BCUT2D eigenvalue weighted by Crippen LogP contribution is -1.98. The summed E-state index contributed by atoms with van der Waals surface area (Å²) in [6.45, 7) is 3.80.